The van der Waals surface area contributed by atoms with Crippen LogP contribution in [0, 0.1) is 0 Å². The van der Waals surface area contributed by atoms with Crippen LogP contribution in [0.15, 0.2) is 60.7 Å². The molecule has 1 amide bonds. The maximum atomic E-state index is 12.3. The van der Waals surface area contributed by atoms with Crippen LogP contribution in [0.5, 0.6) is 0 Å². The molecule has 2 N–H and O–H groups in total. The fraction of sp³-hybridized carbons (Fsp3) is 0.150. The smallest absolute Gasteiger partial charge is 0.337 e. The van der Waals surface area contributed by atoms with Crippen molar-refractivity contribution in [1.82, 2.24) is 5.32 Å². The van der Waals surface area contributed by atoms with Gasteiger partial charge in [0.2, 0.25) is 0 Å². The molecule has 0 spiro atoms. The Morgan fingerprint density at radius 2 is 1.77 bits per heavy atom. The Morgan fingerprint density at radius 3 is 2.42 bits per heavy atom. The van der Waals surface area contributed by atoms with Crippen molar-refractivity contribution in [1.29, 1.82) is 0 Å². The number of methoxy groups -OCH3 is 1. The third-order valence-electron chi connectivity index (χ3n) is 3.63. The molecule has 0 bridgehead atoms. The summed E-state index contributed by atoms with van der Waals surface area (Å²) in [6.07, 6.45) is 3.62. The lowest BCUT2D eigenvalue weighted by Crippen LogP contribution is -2.40. The molecule has 134 valence electrons. The van der Waals surface area contributed by atoms with Crippen LogP contribution in [0.25, 0.3) is 6.08 Å². The van der Waals surface area contributed by atoms with Crippen molar-refractivity contribution in [3.63, 3.8) is 0 Å². The number of ether oxygens (including phenoxy) is 1. The Labute approximate surface area is 151 Å². The van der Waals surface area contributed by atoms with E-state index in [4.69, 9.17) is 0 Å². The highest BCUT2D eigenvalue weighted by molar-refractivity contribution is 5.99. The molecule has 0 fully saturated rings. The number of benzene rings is 2. The first kappa shape index (κ1) is 18.9. The Hall–Kier alpha value is -3.41. The van der Waals surface area contributed by atoms with Gasteiger partial charge in [0.05, 0.1) is 12.7 Å². The molecule has 0 aliphatic rings. The van der Waals surface area contributed by atoms with Gasteiger partial charge in [-0.2, -0.15) is 0 Å². The summed E-state index contributed by atoms with van der Waals surface area (Å²) in [6.45, 7) is 0. The van der Waals surface area contributed by atoms with Gasteiger partial charge in [0.15, 0.2) is 0 Å². The summed E-state index contributed by atoms with van der Waals surface area (Å²) in [5, 5.41) is 11.8. The lowest BCUT2D eigenvalue weighted by Gasteiger charge is -2.13. The number of carbonyl (C=O) groups is 3. The molecule has 0 saturated carbocycles. The van der Waals surface area contributed by atoms with Gasteiger partial charge in [0, 0.05) is 5.56 Å². The van der Waals surface area contributed by atoms with Gasteiger partial charge >= 0.3 is 11.9 Å². The van der Waals surface area contributed by atoms with Crippen molar-refractivity contribution >= 4 is 23.9 Å². The van der Waals surface area contributed by atoms with E-state index in [1.807, 2.05) is 30.3 Å². The minimum absolute atomic E-state index is 0.132. The van der Waals surface area contributed by atoms with Gasteiger partial charge in [0.25, 0.3) is 5.91 Å². The average Bonchev–Trinajstić information content (AvgIpc) is 2.67. The standard InChI is InChI=1S/C20H19NO5/c1-26-20(25)16-11-6-10-15(13-16)18(22)21-17(19(23)24)12-5-9-14-7-3-2-4-8-14/h2-11,13,17H,12H2,1H3,(H,21,22)(H,23,24)/b9-5+/t17-/m0/s1. The van der Waals surface area contributed by atoms with Crippen LogP contribution in [0.4, 0.5) is 0 Å². The first-order valence-electron chi connectivity index (χ1n) is 7.95. The molecule has 0 saturated heterocycles. The molecule has 0 heterocycles. The Balaban J connectivity index is 2.05. The Morgan fingerprint density at radius 1 is 1.08 bits per heavy atom. The maximum Gasteiger partial charge on any atom is 0.337 e. The van der Waals surface area contributed by atoms with Crippen LogP contribution in [0.3, 0.4) is 0 Å². The number of rotatable bonds is 7. The highest BCUT2D eigenvalue weighted by Gasteiger charge is 2.20. The van der Waals surface area contributed by atoms with E-state index in [2.05, 4.69) is 10.1 Å². The number of nitrogens with one attached hydrogen (secondary N) is 1. The predicted octanol–water partition coefficient (Wildman–Crippen LogP) is 2.76. The minimum Gasteiger partial charge on any atom is -0.480 e. The summed E-state index contributed by atoms with van der Waals surface area (Å²) >= 11 is 0. The average molecular weight is 353 g/mol. The van der Waals surface area contributed by atoms with Gasteiger partial charge in [-0.3, -0.25) is 4.79 Å². The second-order valence-electron chi connectivity index (χ2n) is 5.49. The van der Waals surface area contributed by atoms with Crippen molar-refractivity contribution < 1.29 is 24.2 Å². The number of hydrogen-bond donors (Lipinski definition) is 2. The number of carbonyl (C=O) groups excluding carboxylic acids is 2. The van der Waals surface area contributed by atoms with Gasteiger partial charge in [-0.1, -0.05) is 48.6 Å². The maximum absolute atomic E-state index is 12.3. The van der Waals surface area contributed by atoms with Crippen LogP contribution >= 0.6 is 0 Å². The van der Waals surface area contributed by atoms with Gasteiger partial charge in [-0.05, 0) is 30.2 Å². The van der Waals surface area contributed by atoms with Crippen molar-refractivity contribution in [2.75, 3.05) is 7.11 Å². The van der Waals surface area contributed by atoms with E-state index in [0.717, 1.165) is 5.56 Å². The molecule has 0 radical (unpaired) electrons. The van der Waals surface area contributed by atoms with E-state index in [1.165, 1.54) is 31.4 Å². The van der Waals surface area contributed by atoms with Crippen LogP contribution in [-0.2, 0) is 9.53 Å². The largest absolute Gasteiger partial charge is 0.480 e. The summed E-state index contributed by atoms with van der Waals surface area (Å²) in [7, 11) is 1.24. The summed E-state index contributed by atoms with van der Waals surface area (Å²) in [5.41, 5.74) is 1.34. The van der Waals surface area contributed by atoms with Crippen LogP contribution in [0.2, 0.25) is 0 Å². The molecule has 6 heteroatoms. The second kappa shape index (κ2) is 9.17. The normalized spacial score (nSPS) is 11.7. The first-order valence-corrected chi connectivity index (χ1v) is 7.95. The van der Waals surface area contributed by atoms with E-state index >= 15 is 0 Å². The molecular formula is C20H19NO5. The number of esters is 1. The van der Waals surface area contributed by atoms with Crippen molar-refractivity contribution in [2.45, 2.75) is 12.5 Å². The Bertz CT molecular complexity index is 814. The summed E-state index contributed by atoms with van der Waals surface area (Å²) in [4.78, 5) is 35.3. The lowest BCUT2D eigenvalue weighted by molar-refractivity contribution is -0.139. The molecule has 2 rings (SSSR count). The highest BCUT2D eigenvalue weighted by Crippen LogP contribution is 2.08. The van der Waals surface area contributed by atoms with Crippen LogP contribution in [-0.4, -0.2) is 36.1 Å². The zero-order valence-corrected chi connectivity index (χ0v) is 14.2. The van der Waals surface area contributed by atoms with Crippen molar-refractivity contribution in [2.24, 2.45) is 0 Å². The molecule has 6 nitrogen and oxygen atoms in total. The summed E-state index contributed by atoms with van der Waals surface area (Å²) in [5.74, 6) is -2.28. The number of carboxylic acid groups (broad SMARTS) is 1. The SMILES string of the molecule is COC(=O)c1cccc(C(=O)N[C@@H](C/C=C/c2ccccc2)C(=O)O)c1. The molecule has 2 aromatic carbocycles. The van der Waals surface area contributed by atoms with Gasteiger partial charge < -0.3 is 15.2 Å². The topological polar surface area (TPSA) is 92.7 Å². The zero-order chi connectivity index (χ0) is 18.9. The fourth-order valence-electron chi connectivity index (χ4n) is 2.27. The third-order valence-corrected chi connectivity index (χ3v) is 3.63. The van der Waals surface area contributed by atoms with E-state index in [1.54, 1.807) is 12.2 Å². The molecule has 0 aromatic heterocycles. The van der Waals surface area contributed by atoms with Gasteiger partial charge in [-0.15, -0.1) is 0 Å². The molecule has 0 aliphatic carbocycles. The van der Waals surface area contributed by atoms with Crippen molar-refractivity contribution in [3.8, 4) is 0 Å². The number of hydrogen-bond acceptors (Lipinski definition) is 4. The quantitative estimate of drug-likeness (QED) is 0.747. The van der Waals surface area contributed by atoms with Gasteiger partial charge in [-0.25, -0.2) is 9.59 Å². The molecule has 0 aliphatic heterocycles. The minimum atomic E-state index is -1.14. The monoisotopic (exact) mass is 353 g/mol. The van der Waals surface area contributed by atoms with Gasteiger partial charge in [0.1, 0.15) is 6.04 Å². The van der Waals surface area contributed by atoms with Crippen molar-refractivity contribution in [3.05, 3.63) is 77.4 Å². The lowest BCUT2D eigenvalue weighted by atomic mass is 10.1. The van der Waals surface area contributed by atoms with E-state index in [-0.39, 0.29) is 17.5 Å². The van der Waals surface area contributed by atoms with E-state index in [0.29, 0.717) is 0 Å². The third kappa shape index (κ3) is 5.31. The molecule has 26 heavy (non-hydrogen) atoms. The molecule has 0 unspecified atom stereocenters. The first-order chi connectivity index (χ1) is 12.5. The van der Waals surface area contributed by atoms with Crippen LogP contribution < -0.4 is 5.32 Å². The molecule has 2 aromatic rings. The zero-order valence-electron chi connectivity index (χ0n) is 14.2. The summed E-state index contributed by atoms with van der Waals surface area (Å²) in [6, 6.07) is 14.3. The predicted molar refractivity (Wildman–Crippen MR) is 96.8 cm³/mol. The number of amides is 1. The second-order valence-corrected chi connectivity index (χ2v) is 5.49. The molecular weight excluding hydrogens is 334 g/mol. The Kier molecular flexibility index (Phi) is 6.68. The fourth-order valence-corrected chi connectivity index (χ4v) is 2.27. The number of aliphatic carboxylic acids is 1. The van der Waals surface area contributed by atoms with E-state index in [9.17, 15) is 19.5 Å². The summed E-state index contributed by atoms with van der Waals surface area (Å²) < 4.78 is 4.61. The highest BCUT2D eigenvalue weighted by atomic mass is 16.5. The van der Waals surface area contributed by atoms with Crippen LogP contribution in [0.1, 0.15) is 32.7 Å². The number of carboxylic acids is 1. The molecule has 1 atom stereocenters. The van der Waals surface area contributed by atoms with E-state index < -0.39 is 23.9 Å².